The zero-order valence-corrected chi connectivity index (χ0v) is 9.86. The molecule has 3 N–H and O–H groups in total. The third-order valence-corrected chi connectivity index (χ3v) is 4.50. The van der Waals surface area contributed by atoms with Crippen molar-refractivity contribution in [3.05, 3.63) is 29.8 Å². The Morgan fingerprint density at radius 1 is 1.18 bits per heavy atom. The van der Waals surface area contributed by atoms with Crippen LogP contribution in [-0.2, 0) is 9.84 Å². The van der Waals surface area contributed by atoms with Gasteiger partial charge in [-0.1, -0.05) is 17.7 Å². The number of nitrogens with one attached hydrogen (secondary N) is 2. The summed E-state index contributed by atoms with van der Waals surface area (Å²) >= 11 is 0. The molecule has 0 aromatic heterocycles. The van der Waals surface area contributed by atoms with E-state index in [0.717, 1.165) is 5.56 Å². The van der Waals surface area contributed by atoms with Gasteiger partial charge in [-0.2, -0.15) is 0 Å². The maximum absolute atomic E-state index is 12.1. The highest BCUT2D eigenvalue weighted by Gasteiger charge is 2.40. The fraction of sp³-hybridized carbons (Fsp3) is 0.300. The first kappa shape index (κ1) is 11.9. The Balaban J connectivity index is 2.37. The minimum Gasteiger partial charge on any atom is -0.370 e. The number of aryl methyl sites for hydroxylation is 1. The van der Waals surface area contributed by atoms with E-state index >= 15 is 0 Å². The predicted molar refractivity (Wildman–Crippen MR) is 59.8 cm³/mol. The maximum atomic E-state index is 12.1. The summed E-state index contributed by atoms with van der Waals surface area (Å²) in [5.74, 6) is 0. The van der Waals surface area contributed by atoms with E-state index in [1.165, 1.54) is 12.1 Å². The van der Waals surface area contributed by atoms with Crippen LogP contribution in [0.1, 0.15) is 5.56 Å². The Hall–Kier alpha value is -1.60. The molecule has 0 unspecified atom stereocenters. The molecule has 2 atom stereocenters. The molecule has 0 bridgehead atoms. The number of hydrogen-bond acceptors (Lipinski definition) is 4. The number of urea groups is 1. The van der Waals surface area contributed by atoms with Crippen molar-refractivity contribution in [2.75, 3.05) is 0 Å². The molecule has 1 aromatic rings. The number of carbonyl (C=O) groups excluding carboxylic acids is 1. The van der Waals surface area contributed by atoms with Gasteiger partial charge in [0.15, 0.2) is 11.6 Å². The minimum atomic E-state index is -3.78. The van der Waals surface area contributed by atoms with Crippen molar-refractivity contribution >= 4 is 15.9 Å². The molecule has 1 aromatic carbocycles. The molecule has 0 spiro atoms. The number of benzene rings is 1. The zero-order valence-electron chi connectivity index (χ0n) is 9.04. The number of amides is 2. The van der Waals surface area contributed by atoms with Crippen LogP contribution in [0.3, 0.4) is 0 Å². The van der Waals surface area contributed by atoms with Crippen LogP contribution in [0.2, 0.25) is 0 Å². The van der Waals surface area contributed by atoms with Crippen LogP contribution >= 0.6 is 0 Å². The third kappa shape index (κ3) is 2.11. The minimum absolute atomic E-state index is 0.0659. The van der Waals surface area contributed by atoms with E-state index in [-0.39, 0.29) is 4.90 Å². The van der Waals surface area contributed by atoms with Gasteiger partial charge in [0.2, 0.25) is 9.84 Å². The Morgan fingerprint density at radius 3 is 2.24 bits per heavy atom. The van der Waals surface area contributed by atoms with Gasteiger partial charge in [0.05, 0.1) is 4.90 Å². The number of aliphatic hydroxyl groups is 1. The highest BCUT2D eigenvalue weighted by atomic mass is 32.2. The van der Waals surface area contributed by atoms with Gasteiger partial charge in [-0.3, -0.25) is 0 Å². The highest BCUT2D eigenvalue weighted by molar-refractivity contribution is 7.92. The summed E-state index contributed by atoms with van der Waals surface area (Å²) in [5.41, 5.74) is 0.929. The highest BCUT2D eigenvalue weighted by Crippen LogP contribution is 2.18. The Morgan fingerprint density at radius 2 is 1.76 bits per heavy atom. The SMILES string of the molecule is Cc1ccc(S(=O)(=O)[C@H]2NC(=O)N[C@@H]2O)cc1. The van der Waals surface area contributed by atoms with Gasteiger partial charge < -0.3 is 15.7 Å². The molecular formula is C10H12N2O4S. The van der Waals surface area contributed by atoms with E-state index < -0.39 is 27.5 Å². The molecule has 0 saturated carbocycles. The first-order chi connectivity index (χ1) is 7.91. The molecule has 2 amide bonds. The molecule has 6 nitrogen and oxygen atoms in total. The van der Waals surface area contributed by atoms with Gasteiger partial charge in [-0.05, 0) is 19.1 Å². The second-order valence-corrected chi connectivity index (χ2v) is 5.91. The fourth-order valence-corrected chi connectivity index (χ4v) is 3.06. The van der Waals surface area contributed by atoms with E-state index in [4.69, 9.17) is 0 Å². The van der Waals surface area contributed by atoms with Gasteiger partial charge in [-0.25, -0.2) is 13.2 Å². The molecule has 1 fully saturated rings. The van der Waals surface area contributed by atoms with Crippen molar-refractivity contribution in [2.45, 2.75) is 23.4 Å². The van der Waals surface area contributed by atoms with Crippen LogP contribution < -0.4 is 10.6 Å². The summed E-state index contributed by atoms with van der Waals surface area (Å²) in [6.45, 7) is 1.84. The van der Waals surface area contributed by atoms with Crippen molar-refractivity contribution in [3.63, 3.8) is 0 Å². The van der Waals surface area contributed by atoms with Crippen molar-refractivity contribution in [2.24, 2.45) is 0 Å². The summed E-state index contributed by atoms with van der Waals surface area (Å²) in [5, 5.41) is 12.3. The lowest BCUT2D eigenvalue weighted by molar-refractivity contribution is 0.161. The average Bonchev–Trinajstić information content (AvgIpc) is 2.59. The Bertz CT molecular complexity index is 538. The van der Waals surface area contributed by atoms with E-state index in [2.05, 4.69) is 10.6 Å². The summed E-state index contributed by atoms with van der Waals surface area (Å²) in [6, 6.07) is 5.51. The number of carbonyl (C=O) groups is 1. The van der Waals surface area contributed by atoms with E-state index in [0.29, 0.717) is 0 Å². The maximum Gasteiger partial charge on any atom is 0.318 e. The van der Waals surface area contributed by atoms with E-state index in [1.807, 2.05) is 6.92 Å². The molecular weight excluding hydrogens is 244 g/mol. The normalized spacial score (nSPS) is 24.2. The first-order valence-electron chi connectivity index (χ1n) is 4.97. The van der Waals surface area contributed by atoms with Crippen molar-refractivity contribution < 1.29 is 18.3 Å². The largest absolute Gasteiger partial charge is 0.370 e. The summed E-state index contributed by atoms with van der Waals surface area (Å²) in [6.07, 6.45) is -1.44. The molecule has 92 valence electrons. The van der Waals surface area contributed by atoms with Gasteiger partial charge in [0.1, 0.15) is 0 Å². The molecule has 0 aliphatic carbocycles. The lowest BCUT2D eigenvalue weighted by atomic mass is 10.2. The summed E-state index contributed by atoms with van der Waals surface area (Å²) in [7, 11) is -3.78. The third-order valence-electron chi connectivity index (χ3n) is 2.52. The lowest BCUT2D eigenvalue weighted by Crippen LogP contribution is -2.40. The van der Waals surface area contributed by atoms with Crippen LogP contribution in [0.25, 0.3) is 0 Å². The predicted octanol–water partition coefficient (Wildman–Crippen LogP) is -0.274. The van der Waals surface area contributed by atoms with Crippen LogP contribution in [0.4, 0.5) is 4.79 Å². The molecule has 7 heteroatoms. The molecule has 1 saturated heterocycles. The Kier molecular flexibility index (Phi) is 2.80. The van der Waals surface area contributed by atoms with Gasteiger partial charge in [-0.15, -0.1) is 0 Å². The number of aliphatic hydroxyl groups excluding tert-OH is 1. The number of sulfone groups is 1. The molecule has 2 rings (SSSR count). The lowest BCUT2D eigenvalue weighted by Gasteiger charge is -2.14. The van der Waals surface area contributed by atoms with E-state index in [1.54, 1.807) is 12.1 Å². The standard InChI is InChI=1S/C10H12N2O4S/c1-6-2-4-7(5-3-6)17(15,16)9-8(13)11-10(14)12-9/h2-5,8-9,13H,1H3,(H2,11,12,14)/t8-,9-/m1/s1. The van der Waals surface area contributed by atoms with Crippen LogP contribution in [-0.4, -0.2) is 31.2 Å². The summed E-state index contributed by atoms with van der Waals surface area (Å²) in [4.78, 5) is 11.0. The second-order valence-electron chi connectivity index (χ2n) is 3.84. The molecule has 0 radical (unpaired) electrons. The molecule has 1 aliphatic rings. The summed E-state index contributed by atoms with van der Waals surface area (Å²) < 4.78 is 24.2. The van der Waals surface area contributed by atoms with Crippen LogP contribution in [0.15, 0.2) is 29.2 Å². The van der Waals surface area contributed by atoms with Crippen molar-refractivity contribution in [3.8, 4) is 0 Å². The quantitative estimate of drug-likeness (QED) is 0.678. The first-order valence-corrected chi connectivity index (χ1v) is 6.51. The average molecular weight is 256 g/mol. The van der Waals surface area contributed by atoms with Crippen molar-refractivity contribution in [1.29, 1.82) is 0 Å². The van der Waals surface area contributed by atoms with Crippen molar-refractivity contribution in [1.82, 2.24) is 10.6 Å². The van der Waals surface area contributed by atoms with E-state index in [9.17, 15) is 18.3 Å². The zero-order chi connectivity index (χ0) is 12.6. The van der Waals surface area contributed by atoms with Gasteiger partial charge in [0.25, 0.3) is 0 Å². The van der Waals surface area contributed by atoms with Crippen LogP contribution in [0, 0.1) is 6.92 Å². The topological polar surface area (TPSA) is 95.5 Å². The van der Waals surface area contributed by atoms with Gasteiger partial charge in [0, 0.05) is 0 Å². The molecule has 17 heavy (non-hydrogen) atoms. The molecule has 1 heterocycles. The fourth-order valence-electron chi connectivity index (χ4n) is 1.58. The Labute approximate surface area is 98.6 Å². The monoisotopic (exact) mass is 256 g/mol. The number of rotatable bonds is 2. The number of hydrogen-bond donors (Lipinski definition) is 3. The second kappa shape index (κ2) is 4.01. The smallest absolute Gasteiger partial charge is 0.318 e. The van der Waals surface area contributed by atoms with Crippen LogP contribution in [0.5, 0.6) is 0 Å². The van der Waals surface area contributed by atoms with Gasteiger partial charge >= 0.3 is 6.03 Å². The molecule has 1 aliphatic heterocycles.